The van der Waals surface area contributed by atoms with Crippen LogP contribution >= 0.6 is 8.46 Å². The second kappa shape index (κ2) is 6.57. The van der Waals surface area contributed by atoms with E-state index in [1.165, 1.54) is 6.20 Å². The van der Waals surface area contributed by atoms with Gasteiger partial charge in [-0.05, 0) is 18.6 Å². The van der Waals surface area contributed by atoms with Gasteiger partial charge in [0.15, 0.2) is 8.46 Å². The van der Waals surface area contributed by atoms with Crippen LogP contribution in [-0.4, -0.2) is 27.7 Å². The second-order valence-electron chi connectivity index (χ2n) is 4.98. The highest BCUT2D eigenvalue weighted by molar-refractivity contribution is 7.34. The average molecular weight is 353 g/mol. The highest BCUT2D eigenvalue weighted by Gasteiger charge is 2.23. The van der Waals surface area contributed by atoms with Crippen molar-refractivity contribution in [2.75, 3.05) is 0 Å². The summed E-state index contributed by atoms with van der Waals surface area (Å²) in [5.41, 5.74) is 2.38. The van der Waals surface area contributed by atoms with Gasteiger partial charge in [-0.3, -0.25) is 4.57 Å². The van der Waals surface area contributed by atoms with E-state index >= 15 is 0 Å². The molecule has 1 unspecified atom stereocenters. The van der Waals surface area contributed by atoms with Crippen LogP contribution in [0, 0.1) is 6.92 Å². The Bertz CT molecular complexity index is 901. The Morgan fingerprint density at radius 1 is 1.29 bits per heavy atom. The summed E-state index contributed by atoms with van der Waals surface area (Å²) in [7, 11) is -0.137. The topological polar surface area (TPSA) is 67.9 Å². The van der Waals surface area contributed by atoms with Crippen molar-refractivity contribution in [3.05, 3.63) is 36.2 Å². The fourth-order valence-electron chi connectivity index (χ4n) is 2.32. The van der Waals surface area contributed by atoms with E-state index in [2.05, 4.69) is 19.7 Å². The van der Waals surface area contributed by atoms with Crippen LogP contribution in [0.1, 0.15) is 5.56 Å². The lowest BCUT2D eigenvalue weighted by Gasteiger charge is -2.10. The molecule has 0 amide bonds. The number of H-pyrrole nitrogens is 1. The van der Waals surface area contributed by atoms with Gasteiger partial charge in [-0.1, -0.05) is 12.1 Å². The number of para-hydroxylation sites is 1. The molecule has 24 heavy (non-hydrogen) atoms. The molecule has 3 rings (SSSR count). The molecule has 0 aliphatic heterocycles. The lowest BCUT2D eigenvalue weighted by Crippen LogP contribution is -2.20. The first kappa shape index (κ1) is 16.4. The van der Waals surface area contributed by atoms with E-state index in [4.69, 9.17) is 0 Å². The second-order valence-corrected chi connectivity index (χ2v) is 5.65. The summed E-state index contributed by atoms with van der Waals surface area (Å²) >= 11 is 0. The first-order valence-electron chi connectivity index (χ1n) is 6.87. The zero-order valence-corrected chi connectivity index (χ0v) is 13.2. The zero-order valence-electron chi connectivity index (χ0n) is 12.3. The number of benzene rings is 1. The van der Waals surface area contributed by atoms with Crippen LogP contribution in [0.3, 0.4) is 0 Å². The van der Waals surface area contributed by atoms with E-state index in [-0.39, 0.29) is 8.46 Å². The van der Waals surface area contributed by atoms with Gasteiger partial charge >= 0.3 is 18.8 Å². The fourth-order valence-corrected chi connectivity index (χ4v) is 2.74. The van der Waals surface area contributed by atoms with Gasteiger partial charge in [0.2, 0.25) is 0 Å². The van der Waals surface area contributed by atoms with Gasteiger partial charge in [-0.25, -0.2) is 13.8 Å². The van der Waals surface area contributed by atoms with Gasteiger partial charge in [0.05, 0.1) is 16.5 Å². The van der Waals surface area contributed by atoms with E-state index < -0.39 is 18.8 Å². The molecule has 0 saturated heterocycles. The summed E-state index contributed by atoms with van der Waals surface area (Å²) in [6.45, 7) is 1.73. The van der Waals surface area contributed by atoms with Gasteiger partial charge in [0.1, 0.15) is 0 Å². The molecule has 5 nitrogen and oxygen atoms in total. The van der Waals surface area contributed by atoms with E-state index in [1.807, 2.05) is 0 Å². The molecule has 124 valence electrons. The number of nitrogens with zero attached hydrogens (tertiary/aromatic N) is 2. The monoisotopic (exact) mass is 353 g/mol. The molecule has 0 bridgehead atoms. The Hall–Kier alpha value is -2.47. The number of nitrogens with one attached hydrogen (secondary N) is 1. The molecule has 1 N–H and O–H groups in total. The fraction of sp³-hybridized carbons (Fsp3) is 0.200. The number of hydrogen-bond acceptors (Lipinski definition) is 4. The van der Waals surface area contributed by atoms with Crippen LogP contribution in [0.4, 0.5) is 13.2 Å². The predicted octanol–water partition coefficient (Wildman–Crippen LogP) is 3.79. The molecule has 3 aromatic rings. The summed E-state index contributed by atoms with van der Waals surface area (Å²) in [4.78, 5) is 10.8. The van der Waals surface area contributed by atoms with Crippen molar-refractivity contribution < 1.29 is 22.5 Å². The van der Waals surface area contributed by atoms with Crippen molar-refractivity contribution >= 4 is 24.7 Å². The van der Waals surface area contributed by atoms with Crippen molar-refractivity contribution in [3.8, 4) is 17.3 Å². The molecule has 2 heterocycles. The highest BCUT2D eigenvalue weighted by atomic mass is 31.1. The lowest BCUT2D eigenvalue weighted by molar-refractivity contribution is -0.0713. The van der Waals surface area contributed by atoms with Crippen LogP contribution < -0.4 is 10.0 Å². The third-order valence-corrected chi connectivity index (χ3v) is 3.98. The van der Waals surface area contributed by atoms with Crippen LogP contribution in [0.5, 0.6) is 6.01 Å². The third-order valence-electron chi connectivity index (χ3n) is 3.41. The van der Waals surface area contributed by atoms with Crippen molar-refractivity contribution in [2.24, 2.45) is 0 Å². The Balaban J connectivity index is 2.08. The molecular formula is C15H11F3N3O2P. The van der Waals surface area contributed by atoms with Gasteiger partial charge < -0.3 is 9.72 Å². The number of aryl methyl sites for hydroxylation is 1. The van der Waals surface area contributed by atoms with Crippen LogP contribution in [-0.2, 0) is 4.57 Å². The summed E-state index contributed by atoms with van der Waals surface area (Å²) in [5.74, 6) is 0. The van der Waals surface area contributed by atoms with Crippen molar-refractivity contribution in [2.45, 2.75) is 19.7 Å². The standard InChI is InChI=1S/C15H11F3N3O2P/c1-7-5-20-15(23-14(18)13(16)17)21-11(7)9-6-19-12-8(9)3-2-4-10(12)24-22/h2-6,13-14,19H,1H3. The minimum atomic E-state index is -3.29. The minimum Gasteiger partial charge on any atom is -0.422 e. The maximum atomic E-state index is 13.0. The summed E-state index contributed by atoms with van der Waals surface area (Å²) in [6, 6.07) is 4.77. The lowest BCUT2D eigenvalue weighted by atomic mass is 10.1. The number of rotatable bonds is 5. The molecule has 0 fully saturated rings. The highest BCUT2D eigenvalue weighted by Crippen LogP contribution is 2.30. The van der Waals surface area contributed by atoms with Crippen LogP contribution in [0.25, 0.3) is 22.2 Å². The first-order chi connectivity index (χ1) is 11.5. The number of alkyl halides is 3. The number of aromatic amines is 1. The number of aromatic nitrogens is 3. The molecular weight excluding hydrogens is 342 g/mol. The summed E-state index contributed by atoms with van der Waals surface area (Å²) in [5, 5.41) is 1.32. The minimum absolute atomic E-state index is 0.137. The Kier molecular flexibility index (Phi) is 4.49. The van der Waals surface area contributed by atoms with Crippen molar-refractivity contribution in [1.82, 2.24) is 15.0 Å². The number of halogens is 3. The van der Waals surface area contributed by atoms with E-state index in [0.717, 1.165) is 5.39 Å². The SMILES string of the molecule is Cc1cnc(OC(F)C(F)F)nc1-c1c[nH]c2c(P=O)cccc12. The quantitative estimate of drug-likeness (QED) is 0.709. The molecule has 1 atom stereocenters. The van der Waals surface area contributed by atoms with Crippen molar-refractivity contribution in [3.63, 3.8) is 0 Å². The third kappa shape index (κ3) is 2.97. The van der Waals surface area contributed by atoms with Gasteiger partial charge in [0.25, 0.3) is 0 Å². The van der Waals surface area contributed by atoms with Crippen molar-refractivity contribution in [1.29, 1.82) is 0 Å². The normalized spacial score (nSPS) is 12.9. The maximum Gasteiger partial charge on any atom is 0.319 e. The van der Waals surface area contributed by atoms with Gasteiger partial charge in [0, 0.05) is 23.3 Å². The predicted molar refractivity (Wildman–Crippen MR) is 82.8 cm³/mol. The van der Waals surface area contributed by atoms with E-state index in [9.17, 15) is 17.7 Å². The summed E-state index contributed by atoms with van der Waals surface area (Å²) < 4.78 is 53.2. The molecule has 0 aliphatic rings. The molecule has 0 aliphatic carbocycles. The smallest absolute Gasteiger partial charge is 0.319 e. The van der Waals surface area contributed by atoms with Crippen LogP contribution in [0.2, 0.25) is 0 Å². The van der Waals surface area contributed by atoms with E-state index in [0.29, 0.717) is 27.6 Å². The molecule has 0 radical (unpaired) electrons. The molecule has 1 aromatic carbocycles. The number of fused-ring (bicyclic) bond motifs is 1. The maximum absolute atomic E-state index is 13.0. The summed E-state index contributed by atoms with van der Waals surface area (Å²) in [6.07, 6.45) is -3.07. The Labute approximate surface area is 136 Å². The molecule has 0 spiro atoms. The Morgan fingerprint density at radius 3 is 2.79 bits per heavy atom. The Morgan fingerprint density at radius 2 is 2.08 bits per heavy atom. The largest absolute Gasteiger partial charge is 0.422 e. The van der Waals surface area contributed by atoms with E-state index in [1.54, 1.807) is 31.3 Å². The zero-order chi connectivity index (χ0) is 17.3. The van der Waals surface area contributed by atoms with Gasteiger partial charge in [-0.15, -0.1) is 0 Å². The van der Waals surface area contributed by atoms with Gasteiger partial charge in [-0.2, -0.15) is 9.37 Å². The molecule has 2 aromatic heterocycles. The average Bonchev–Trinajstić information content (AvgIpc) is 3.00. The molecule has 0 saturated carbocycles. The molecule has 9 heteroatoms. The first-order valence-corrected chi connectivity index (χ1v) is 7.69. The number of hydrogen-bond donors (Lipinski definition) is 1. The van der Waals surface area contributed by atoms with Crippen LogP contribution in [0.15, 0.2) is 30.6 Å². The number of ether oxygens (including phenoxy) is 1.